The molecule has 2 N–H and O–H groups in total. The summed E-state index contributed by atoms with van der Waals surface area (Å²) in [5, 5.41) is 12.2. The first-order chi connectivity index (χ1) is 9.49. The van der Waals surface area contributed by atoms with Crippen molar-refractivity contribution in [2.24, 2.45) is 0 Å². The molecule has 5 nitrogen and oxygen atoms in total. The summed E-state index contributed by atoms with van der Waals surface area (Å²) in [5.74, 6) is -0.226. The van der Waals surface area contributed by atoms with Gasteiger partial charge in [0.25, 0.3) is 0 Å². The molecule has 0 saturated carbocycles. The normalized spacial score (nSPS) is 10.6. The van der Waals surface area contributed by atoms with Gasteiger partial charge in [-0.15, -0.1) is 0 Å². The SMILES string of the molecule is Cc1cccc(C(C)C)c1Nc1cc(C(=O)O)ncn1. The van der Waals surface area contributed by atoms with Crippen LogP contribution in [-0.2, 0) is 0 Å². The van der Waals surface area contributed by atoms with E-state index in [1.54, 1.807) is 0 Å². The third-order valence-corrected chi connectivity index (χ3v) is 3.07. The minimum Gasteiger partial charge on any atom is -0.477 e. The Morgan fingerprint density at radius 1 is 1.30 bits per heavy atom. The monoisotopic (exact) mass is 271 g/mol. The minimum atomic E-state index is -1.07. The predicted molar refractivity (Wildman–Crippen MR) is 77.5 cm³/mol. The van der Waals surface area contributed by atoms with E-state index in [4.69, 9.17) is 5.11 Å². The molecule has 1 aromatic heterocycles. The van der Waals surface area contributed by atoms with E-state index in [9.17, 15) is 4.79 Å². The van der Waals surface area contributed by atoms with Crippen molar-refractivity contribution in [3.8, 4) is 0 Å². The lowest BCUT2D eigenvalue weighted by atomic mass is 9.98. The Hall–Kier alpha value is -2.43. The molecule has 2 aromatic rings. The number of aryl methyl sites for hydroxylation is 1. The second-order valence-corrected chi connectivity index (χ2v) is 4.91. The minimum absolute atomic E-state index is 0.0258. The standard InChI is InChI=1S/C15H17N3O2/c1-9(2)11-6-4-5-10(3)14(11)18-13-7-12(15(19)20)16-8-17-13/h4-9H,1-3H3,(H,19,20)(H,16,17,18). The van der Waals surface area contributed by atoms with E-state index in [2.05, 4.69) is 35.2 Å². The molecule has 5 heteroatoms. The van der Waals surface area contributed by atoms with Gasteiger partial charge in [-0.05, 0) is 24.0 Å². The number of carboxylic acids is 1. The van der Waals surface area contributed by atoms with Crippen LogP contribution in [-0.4, -0.2) is 21.0 Å². The van der Waals surface area contributed by atoms with Gasteiger partial charge in [0, 0.05) is 11.8 Å². The van der Waals surface area contributed by atoms with E-state index < -0.39 is 5.97 Å². The number of hydrogen-bond donors (Lipinski definition) is 2. The Balaban J connectivity index is 2.39. The average molecular weight is 271 g/mol. The number of rotatable bonds is 4. The van der Waals surface area contributed by atoms with Crippen LogP contribution >= 0.6 is 0 Å². The Morgan fingerprint density at radius 2 is 2.05 bits per heavy atom. The number of anilines is 2. The molecule has 0 aliphatic rings. The Bertz CT molecular complexity index is 639. The van der Waals surface area contributed by atoms with Crippen LogP contribution in [0.4, 0.5) is 11.5 Å². The zero-order chi connectivity index (χ0) is 14.7. The third kappa shape index (κ3) is 2.93. The van der Waals surface area contributed by atoms with Gasteiger partial charge in [0.05, 0.1) is 0 Å². The largest absolute Gasteiger partial charge is 0.477 e. The van der Waals surface area contributed by atoms with Gasteiger partial charge < -0.3 is 10.4 Å². The summed E-state index contributed by atoms with van der Waals surface area (Å²) in [4.78, 5) is 18.7. The van der Waals surface area contributed by atoms with Crippen molar-refractivity contribution >= 4 is 17.5 Å². The van der Waals surface area contributed by atoms with E-state index >= 15 is 0 Å². The number of nitrogens with zero attached hydrogens (tertiary/aromatic N) is 2. The smallest absolute Gasteiger partial charge is 0.354 e. The van der Waals surface area contributed by atoms with Crippen LogP contribution in [0, 0.1) is 6.92 Å². The first-order valence-electron chi connectivity index (χ1n) is 6.41. The van der Waals surface area contributed by atoms with Gasteiger partial charge in [0.1, 0.15) is 12.1 Å². The second kappa shape index (κ2) is 5.69. The quantitative estimate of drug-likeness (QED) is 0.891. The molecule has 0 spiro atoms. The van der Waals surface area contributed by atoms with E-state index in [-0.39, 0.29) is 5.69 Å². The summed E-state index contributed by atoms with van der Waals surface area (Å²) in [6, 6.07) is 7.50. The molecule has 0 radical (unpaired) electrons. The van der Waals surface area contributed by atoms with Crippen molar-refractivity contribution in [3.63, 3.8) is 0 Å². The molecule has 0 amide bonds. The summed E-state index contributed by atoms with van der Waals surface area (Å²) in [7, 11) is 0. The van der Waals surface area contributed by atoms with Gasteiger partial charge in [0.15, 0.2) is 5.69 Å². The van der Waals surface area contributed by atoms with Crippen LogP contribution in [0.25, 0.3) is 0 Å². The van der Waals surface area contributed by atoms with E-state index in [0.717, 1.165) is 11.3 Å². The molecule has 20 heavy (non-hydrogen) atoms. The van der Waals surface area contributed by atoms with Crippen LogP contribution in [0.5, 0.6) is 0 Å². The number of carbonyl (C=O) groups is 1. The fourth-order valence-corrected chi connectivity index (χ4v) is 2.01. The van der Waals surface area contributed by atoms with Crippen molar-refractivity contribution in [2.45, 2.75) is 26.7 Å². The number of carboxylic acid groups (broad SMARTS) is 1. The Labute approximate surface area is 117 Å². The molecule has 104 valence electrons. The molecule has 0 unspecified atom stereocenters. The summed E-state index contributed by atoms with van der Waals surface area (Å²) in [6.45, 7) is 6.23. The van der Waals surface area contributed by atoms with Gasteiger partial charge in [0.2, 0.25) is 0 Å². The Morgan fingerprint density at radius 3 is 2.70 bits per heavy atom. The summed E-state index contributed by atoms with van der Waals surface area (Å²) < 4.78 is 0. The predicted octanol–water partition coefficient (Wildman–Crippen LogP) is 3.35. The van der Waals surface area contributed by atoms with E-state index in [1.165, 1.54) is 18.0 Å². The maximum atomic E-state index is 10.9. The number of hydrogen-bond acceptors (Lipinski definition) is 4. The highest BCUT2D eigenvalue weighted by Crippen LogP contribution is 2.29. The molecule has 0 atom stereocenters. The molecule has 0 saturated heterocycles. The Kier molecular flexibility index (Phi) is 3.98. The van der Waals surface area contributed by atoms with Crippen LogP contribution in [0.1, 0.15) is 41.4 Å². The van der Waals surface area contributed by atoms with Crippen LogP contribution in [0.15, 0.2) is 30.6 Å². The van der Waals surface area contributed by atoms with Crippen LogP contribution in [0.3, 0.4) is 0 Å². The van der Waals surface area contributed by atoms with Crippen molar-refractivity contribution in [1.29, 1.82) is 0 Å². The highest BCUT2D eigenvalue weighted by molar-refractivity contribution is 5.86. The average Bonchev–Trinajstić information content (AvgIpc) is 2.41. The van der Waals surface area contributed by atoms with E-state index in [0.29, 0.717) is 11.7 Å². The molecule has 0 aliphatic heterocycles. The van der Waals surface area contributed by atoms with Gasteiger partial charge in [-0.1, -0.05) is 32.0 Å². The molecular weight excluding hydrogens is 254 g/mol. The van der Waals surface area contributed by atoms with Crippen molar-refractivity contribution in [3.05, 3.63) is 47.4 Å². The fourth-order valence-electron chi connectivity index (χ4n) is 2.01. The van der Waals surface area contributed by atoms with Gasteiger partial charge >= 0.3 is 5.97 Å². The first-order valence-corrected chi connectivity index (χ1v) is 6.41. The van der Waals surface area contributed by atoms with Gasteiger partial charge in [-0.3, -0.25) is 0 Å². The molecular formula is C15H17N3O2. The maximum absolute atomic E-state index is 10.9. The fraction of sp³-hybridized carbons (Fsp3) is 0.267. The van der Waals surface area contributed by atoms with Gasteiger partial charge in [-0.25, -0.2) is 14.8 Å². The third-order valence-electron chi connectivity index (χ3n) is 3.07. The molecule has 1 heterocycles. The van der Waals surface area contributed by atoms with E-state index in [1.807, 2.05) is 19.1 Å². The molecule has 0 fully saturated rings. The summed E-state index contributed by atoms with van der Waals surface area (Å²) in [6.07, 6.45) is 1.25. The van der Waals surface area contributed by atoms with Crippen LogP contribution < -0.4 is 5.32 Å². The first kappa shape index (κ1) is 14.0. The zero-order valence-corrected chi connectivity index (χ0v) is 11.7. The zero-order valence-electron chi connectivity index (χ0n) is 11.7. The maximum Gasteiger partial charge on any atom is 0.354 e. The number of aromatic carboxylic acids is 1. The van der Waals surface area contributed by atoms with Crippen molar-refractivity contribution in [1.82, 2.24) is 9.97 Å². The lowest BCUT2D eigenvalue weighted by Crippen LogP contribution is -2.05. The van der Waals surface area contributed by atoms with Crippen molar-refractivity contribution in [2.75, 3.05) is 5.32 Å². The van der Waals surface area contributed by atoms with Crippen LogP contribution in [0.2, 0.25) is 0 Å². The molecule has 1 aromatic carbocycles. The number of para-hydroxylation sites is 1. The molecule has 0 aliphatic carbocycles. The highest BCUT2D eigenvalue weighted by Gasteiger charge is 2.11. The molecule has 0 bridgehead atoms. The highest BCUT2D eigenvalue weighted by atomic mass is 16.4. The molecule has 2 rings (SSSR count). The number of aromatic nitrogens is 2. The summed E-state index contributed by atoms with van der Waals surface area (Å²) in [5.41, 5.74) is 3.20. The van der Waals surface area contributed by atoms with Gasteiger partial charge in [-0.2, -0.15) is 0 Å². The van der Waals surface area contributed by atoms with Crippen molar-refractivity contribution < 1.29 is 9.90 Å². The summed E-state index contributed by atoms with van der Waals surface area (Å²) >= 11 is 0. The second-order valence-electron chi connectivity index (χ2n) is 4.91. The lowest BCUT2D eigenvalue weighted by Gasteiger charge is -2.16. The lowest BCUT2D eigenvalue weighted by molar-refractivity contribution is 0.0690. The number of benzene rings is 1. The topological polar surface area (TPSA) is 75.1 Å². The number of nitrogens with one attached hydrogen (secondary N) is 1.